The Hall–Kier alpha value is -1.56. The van der Waals surface area contributed by atoms with Crippen LogP contribution in [0, 0.1) is 0 Å². The van der Waals surface area contributed by atoms with E-state index in [1.165, 1.54) is 64.2 Å². The summed E-state index contributed by atoms with van der Waals surface area (Å²) >= 11 is 0. The molecule has 0 radical (unpaired) electrons. The molecule has 10 nitrogen and oxygen atoms in total. The van der Waals surface area contributed by atoms with E-state index < -0.39 is 49.4 Å². The lowest BCUT2D eigenvalue weighted by molar-refractivity contribution is -0.305. The minimum atomic E-state index is -1.59. The molecule has 1 rings (SSSR count). The first-order valence-corrected chi connectivity index (χ1v) is 18.8. The molecular weight excluding hydrogens is 604 g/mol. The van der Waals surface area contributed by atoms with Gasteiger partial charge in [-0.25, -0.2) is 0 Å². The molecule has 276 valence electrons. The van der Waals surface area contributed by atoms with E-state index in [1.54, 1.807) is 0 Å². The average Bonchev–Trinajstić information content (AvgIpc) is 3.06. The average molecular weight is 673 g/mol. The third-order valence-electron chi connectivity index (χ3n) is 8.65. The molecule has 1 fully saturated rings. The number of allylic oxidation sites excluding steroid dienone is 2. The second kappa shape index (κ2) is 29.4. The van der Waals surface area contributed by atoms with E-state index >= 15 is 0 Å². The molecule has 0 aromatic rings. The normalized spacial score (nSPS) is 22.0. The topological polar surface area (TPSA) is 152 Å². The highest BCUT2D eigenvalue weighted by atomic mass is 16.7. The lowest BCUT2D eigenvalue weighted by Gasteiger charge is -2.39. The number of hydrogen-bond donors (Lipinski definition) is 4. The quantitative estimate of drug-likeness (QED) is 0.0381. The number of carbonyl (C=O) groups is 2. The summed E-state index contributed by atoms with van der Waals surface area (Å²) in [6, 6.07) is 0. The predicted octanol–water partition coefficient (Wildman–Crippen LogP) is 6.44. The van der Waals surface area contributed by atoms with Crippen molar-refractivity contribution in [1.82, 2.24) is 0 Å². The summed E-state index contributed by atoms with van der Waals surface area (Å²) in [6.07, 6.45) is 19.6. The van der Waals surface area contributed by atoms with Gasteiger partial charge in [0.15, 0.2) is 12.4 Å². The third-order valence-corrected chi connectivity index (χ3v) is 8.65. The Morgan fingerprint density at radius 2 is 1.13 bits per heavy atom. The first-order valence-electron chi connectivity index (χ1n) is 18.8. The van der Waals surface area contributed by atoms with Gasteiger partial charge in [-0.05, 0) is 38.5 Å². The van der Waals surface area contributed by atoms with Crippen LogP contribution in [-0.2, 0) is 28.5 Å². The van der Waals surface area contributed by atoms with E-state index in [1.807, 2.05) is 0 Å². The molecule has 0 aromatic heterocycles. The summed E-state index contributed by atoms with van der Waals surface area (Å²) < 4.78 is 22.0. The molecule has 0 aromatic carbocycles. The number of aliphatic hydroxyl groups is 4. The largest absolute Gasteiger partial charge is 0.462 e. The molecular formula is C37H68O10. The summed E-state index contributed by atoms with van der Waals surface area (Å²) in [6.45, 7) is 3.34. The van der Waals surface area contributed by atoms with E-state index in [0.717, 1.165) is 57.8 Å². The standard InChI is InChI=1S/C37H68O10/c1-3-5-7-9-11-12-13-14-15-16-17-18-20-22-24-26-33(40)46-30(28-44-32(39)25-23-21-19-10-8-6-4-2)29-45-37-36(43)35(42)34(41)31(27-38)47-37/h14-15,30-31,34-38,41-43H,3-13,16-29H2,1-2H3/b15-14+/t30?,31-,34+,35+,36-,37-/m1/s1. The molecule has 1 heterocycles. The number of ether oxygens (including phenoxy) is 4. The maximum Gasteiger partial charge on any atom is 0.306 e. The van der Waals surface area contributed by atoms with Crippen molar-refractivity contribution in [3.8, 4) is 0 Å². The van der Waals surface area contributed by atoms with Crippen molar-refractivity contribution in [2.75, 3.05) is 19.8 Å². The van der Waals surface area contributed by atoms with Gasteiger partial charge in [0, 0.05) is 12.8 Å². The van der Waals surface area contributed by atoms with Crippen molar-refractivity contribution in [1.29, 1.82) is 0 Å². The van der Waals surface area contributed by atoms with Crippen molar-refractivity contribution in [3.63, 3.8) is 0 Å². The summed E-state index contributed by atoms with van der Waals surface area (Å²) in [7, 11) is 0. The Morgan fingerprint density at radius 3 is 1.66 bits per heavy atom. The second-order valence-corrected chi connectivity index (χ2v) is 13.0. The molecule has 0 spiro atoms. The van der Waals surface area contributed by atoms with Crippen LogP contribution in [0.25, 0.3) is 0 Å². The summed E-state index contributed by atoms with van der Waals surface area (Å²) in [5, 5.41) is 39.8. The highest BCUT2D eigenvalue weighted by molar-refractivity contribution is 5.70. The molecule has 6 atom stereocenters. The first-order chi connectivity index (χ1) is 22.8. The SMILES string of the molecule is CCCCCCCC/C=C/CCCCCCCC(=O)OC(COC(=O)CCCCCCCCC)CO[C@@H]1O[C@H](CO)[C@H](O)[C@H](O)[C@H]1O. The second-order valence-electron chi connectivity index (χ2n) is 13.0. The van der Waals surface area contributed by atoms with E-state index in [9.17, 15) is 30.0 Å². The van der Waals surface area contributed by atoms with Crippen molar-refractivity contribution < 1.29 is 49.0 Å². The van der Waals surface area contributed by atoms with Crippen LogP contribution in [-0.4, -0.2) is 89.0 Å². The molecule has 0 saturated carbocycles. The first kappa shape index (κ1) is 43.5. The number of hydrogen-bond acceptors (Lipinski definition) is 10. The predicted molar refractivity (Wildman–Crippen MR) is 183 cm³/mol. The molecule has 1 saturated heterocycles. The van der Waals surface area contributed by atoms with Crippen LogP contribution in [0.2, 0.25) is 0 Å². The lowest BCUT2D eigenvalue weighted by atomic mass is 9.99. The maximum atomic E-state index is 12.6. The Morgan fingerprint density at radius 1 is 0.638 bits per heavy atom. The zero-order valence-electron chi connectivity index (χ0n) is 29.5. The van der Waals surface area contributed by atoms with Crippen LogP contribution in [0.15, 0.2) is 12.2 Å². The summed E-state index contributed by atoms with van der Waals surface area (Å²) in [4.78, 5) is 25.0. The molecule has 10 heteroatoms. The van der Waals surface area contributed by atoms with Gasteiger partial charge >= 0.3 is 11.9 Å². The smallest absolute Gasteiger partial charge is 0.306 e. The fourth-order valence-electron chi connectivity index (χ4n) is 5.59. The molecule has 1 aliphatic rings. The molecule has 0 amide bonds. The van der Waals surface area contributed by atoms with Crippen molar-refractivity contribution in [2.45, 2.75) is 192 Å². The number of aliphatic hydroxyl groups excluding tert-OH is 4. The van der Waals surface area contributed by atoms with Crippen LogP contribution >= 0.6 is 0 Å². The number of rotatable bonds is 30. The Kier molecular flexibility index (Phi) is 27.2. The van der Waals surface area contributed by atoms with E-state index in [-0.39, 0.29) is 32.0 Å². The van der Waals surface area contributed by atoms with Gasteiger partial charge in [-0.3, -0.25) is 9.59 Å². The van der Waals surface area contributed by atoms with Crippen LogP contribution in [0.1, 0.15) is 155 Å². The van der Waals surface area contributed by atoms with Gasteiger partial charge in [-0.15, -0.1) is 0 Å². The van der Waals surface area contributed by atoms with Crippen molar-refractivity contribution in [2.24, 2.45) is 0 Å². The lowest BCUT2D eigenvalue weighted by Crippen LogP contribution is -2.59. The van der Waals surface area contributed by atoms with E-state index in [4.69, 9.17) is 18.9 Å². The zero-order valence-corrected chi connectivity index (χ0v) is 29.5. The van der Waals surface area contributed by atoms with Gasteiger partial charge in [-0.2, -0.15) is 0 Å². The van der Waals surface area contributed by atoms with Crippen LogP contribution < -0.4 is 0 Å². The fourth-order valence-corrected chi connectivity index (χ4v) is 5.59. The Balaban J connectivity index is 2.39. The highest BCUT2D eigenvalue weighted by Crippen LogP contribution is 2.22. The van der Waals surface area contributed by atoms with Gasteiger partial charge in [0.2, 0.25) is 0 Å². The van der Waals surface area contributed by atoms with Gasteiger partial charge in [0.25, 0.3) is 0 Å². The van der Waals surface area contributed by atoms with E-state index in [0.29, 0.717) is 6.42 Å². The Labute approximate surface area is 284 Å². The van der Waals surface area contributed by atoms with Gasteiger partial charge in [0.1, 0.15) is 31.0 Å². The number of carbonyl (C=O) groups excluding carboxylic acids is 2. The van der Waals surface area contributed by atoms with Gasteiger partial charge in [0.05, 0.1) is 13.2 Å². The Bertz CT molecular complexity index is 789. The minimum Gasteiger partial charge on any atom is -0.462 e. The molecule has 4 N–H and O–H groups in total. The molecule has 1 unspecified atom stereocenters. The van der Waals surface area contributed by atoms with Crippen LogP contribution in [0.4, 0.5) is 0 Å². The molecule has 1 aliphatic heterocycles. The minimum absolute atomic E-state index is 0.217. The molecule has 0 aliphatic carbocycles. The highest BCUT2D eigenvalue weighted by Gasteiger charge is 2.44. The number of unbranched alkanes of at least 4 members (excludes halogenated alkanes) is 17. The summed E-state index contributed by atoms with van der Waals surface area (Å²) in [5.74, 6) is -0.821. The molecule has 0 bridgehead atoms. The molecule has 47 heavy (non-hydrogen) atoms. The van der Waals surface area contributed by atoms with Gasteiger partial charge < -0.3 is 39.4 Å². The third kappa shape index (κ3) is 21.9. The van der Waals surface area contributed by atoms with E-state index in [2.05, 4.69) is 26.0 Å². The number of esters is 2. The maximum absolute atomic E-state index is 12.6. The fraction of sp³-hybridized carbons (Fsp3) is 0.892. The van der Waals surface area contributed by atoms with Gasteiger partial charge in [-0.1, -0.05) is 116 Å². The van der Waals surface area contributed by atoms with Crippen LogP contribution in [0.5, 0.6) is 0 Å². The monoisotopic (exact) mass is 672 g/mol. The van der Waals surface area contributed by atoms with Crippen molar-refractivity contribution >= 4 is 11.9 Å². The summed E-state index contributed by atoms with van der Waals surface area (Å²) in [5.41, 5.74) is 0. The van der Waals surface area contributed by atoms with Crippen LogP contribution in [0.3, 0.4) is 0 Å². The van der Waals surface area contributed by atoms with Crippen molar-refractivity contribution in [3.05, 3.63) is 12.2 Å². The zero-order chi connectivity index (χ0) is 34.5.